The topological polar surface area (TPSA) is 160 Å². The van der Waals surface area contributed by atoms with Crippen LogP contribution in [0.5, 0.6) is 23.0 Å². The number of primary amides is 1. The van der Waals surface area contributed by atoms with Gasteiger partial charge in [-0.3, -0.25) is 14.6 Å². The highest BCUT2D eigenvalue weighted by molar-refractivity contribution is 6.35. The van der Waals surface area contributed by atoms with E-state index in [4.69, 9.17) is 42.3 Å². The first kappa shape index (κ1) is 33.1. The number of hydrogen-bond acceptors (Lipinski definition) is 9. The Morgan fingerprint density at radius 1 is 1.14 bits per heavy atom. The van der Waals surface area contributed by atoms with Crippen molar-refractivity contribution in [3.8, 4) is 34.3 Å². The predicted molar refractivity (Wildman–Crippen MR) is 182 cm³/mol. The normalized spacial score (nSPS) is 19.1. The van der Waals surface area contributed by atoms with E-state index >= 15 is 0 Å². The van der Waals surface area contributed by atoms with Gasteiger partial charge in [-0.15, -0.1) is 8.78 Å². The molecule has 3 aromatic carbocycles. The molecule has 3 heterocycles. The van der Waals surface area contributed by atoms with E-state index in [-0.39, 0.29) is 52.7 Å². The van der Waals surface area contributed by atoms with Crippen LogP contribution in [0.3, 0.4) is 0 Å². The van der Waals surface area contributed by atoms with E-state index < -0.39 is 29.4 Å². The van der Waals surface area contributed by atoms with Crippen molar-refractivity contribution in [2.75, 3.05) is 26.0 Å². The number of pyridine rings is 1. The van der Waals surface area contributed by atoms with Crippen LogP contribution in [0.4, 0.5) is 14.5 Å². The summed E-state index contributed by atoms with van der Waals surface area (Å²) < 4.78 is 48.7. The summed E-state index contributed by atoms with van der Waals surface area (Å²) in [7, 11) is 1.47. The third-order valence-electron chi connectivity index (χ3n) is 9.06. The molecule has 50 heavy (non-hydrogen) atoms. The molecule has 1 aromatic heterocycles. The molecule has 0 saturated heterocycles. The number of nitrogens with zero attached hydrogens (tertiary/aromatic N) is 2. The zero-order valence-electron chi connectivity index (χ0n) is 27.0. The third kappa shape index (κ3) is 6.02. The minimum absolute atomic E-state index is 0.0570. The molecule has 0 radical (unpaired) electrons. The SMILES string of the molecule is COc1cc(C(=O)NC[C@@H](c2ccccc2)c2cc3c(c(-c4ccc5c(c4Cl)OC(F)(F)O5)n2)OC[C@]3(C)C(N)=O)cc(C=NC2CC2)c1N. The molecule has 1 saturated carbocycles. The van der Waals surface area contributed by atoms with E-state index in [1.807, 2.05) is 30.3 Å². The fourth-order valence-electron chi connectivity index (χ4n) is 5.97. The van der Waals surface area contributed by atoms with Crippen LogP contribution in [-0.4, -0.2) is 55.6 Å². The first-order valence-electron chi connectivity index (χ1n) is 15.8. The second kappa shape index (κ2) is 12.5. The summed E-state index contributed by atoms with van der Waals surface area (Å²) in [6, 6.07) is 17.2. The van der Waals surface area contributed by atoms with Gasteiger partial charge in [0.15, 0.2) is 11.5 Å². The monoisotopic (exact) mass is 703 g/mol. The van der Waals surface area contributed by atoms with Crippen LogP contribution in [0.15, 0.2) is 65.7 Å². The number of benzene rings is 3. The molecule has 0 unspecified atom stereocenters. The number of anilines is 1. The molecule has 11 nitrogen and oxygen atoms in total. The molecule has 2 aliphatic heterocycles. The highest BCUT2D eigenvalue weighted by atomic mass is 35.5. The number of aromatic nitrogens is 1. The average Bonchev–Trinajstić information content (AvgIpc) is 3.78. The van der Waals surface area contributed by atoms with Crippen LogP contribution >= 0.6 is 11.6 Å². The summed E-state index contributed by atoms with van der Waals surface area (Å²) in [5, 5.41) is 2.82. The van der Waals surface area contributed by atoms with Gasteiger partial charge in [-0.25, -0.2) is 4.98 Å². The van der Waals surface area contributed by atoms with Crippen molar-refractivity contribution in [1.29, 1.82) is 0 Å². The zero-order chi connectivity index (χ0) is 35.4. The Balaban J connectivity index is 1.30. The highest BCUT2D eigenvalue weighted by Gasteiger charge is 2.47. The van der Waals surface area contributed by atoms with Crippen molar-refractivity contribution >= 4 is 35.3 Å². The van der Waals surface area contributed by atoms with Crippen molar-refractivity contribution in [2.45, 2.75) is 43.4 Å². The van der Waals surface area contributed by atoms with Crippen LogP contribution in [0.2, 0.25) is 5.02 Å². The Hall–Kier alpha value is -5.43. The number of methoxy groups -OCH3 is 1. The molecule has 4 aromatic rings. The number of nitrogens with two attached hydrogens (primary N) is 2. The summed E-state index contributed by atoms with van der Waals surface area (Å²) in [6.07, 6.45) is -0.225. The molecular formula is C36H32ClF2N5O6. The van der Waals surface area contributed by atoms with Crippen LogP contribution in [0.1, 0.15) is 58.4 Å². The maximum atomic E-state index is 14.0. The van der Waals surface area contributed by atoms with Crippen LogP contribution in [-0.2, 0) is 10.2 Å². The zero-order valence-corrected chi connectivity index (χ0v) is 27.7. The number of nitrogen functional groups attached to an aromatic ring is 1. The highest BCUT2D eigenvalue weighted by Crippen LogP contribution is 2.52. The number of aliphatic imine (C=N–C) groups is 1. The fourth-order valence-corrected chi connectivity index (χ4v) is 6.26. The lowest BCUT2D eigenvalue weighted by atomic mass is 9.81. The number of halogens is 3. The molecular weight excluding hydrogens is 672 g/mol. The number of carbonyl (C=O) groups excluding carboxylic acids is 2. The maximum absolute atomic E-state index is 14.0. The number of carbonyl (C=O) groups is 2. The van der Waals surface area contributed by atoms with Crippen molar-refractivity contribution in [2.24, 2.45) is 10.7 Å². The molecule has 1 fully saturated rings. The van der Waals surface area contributed by atoms with Crippen LogP contribution in [0.25, 0.3) is 11.3 Å². The van der Waals surface area contributed by atoms with E-state index in [9.17, 15) is 18.4 Å². The van der Waals surface area contributed by atoms with Crippen LogP contribution < -0.4 is 35.7 Å². The second-order valence-electron chi connectivity index (χ2n) is 12.5. The van der Waals surface area contributed by atoms with E-state index in [0.717, 1.165) is 18.4 Å². The van der Waals surface area contributed by atoms with Crippen molar-refractivity contribution < 1.29 is 37.3 Å². The largest absolute Gasteiger partial charge is 0.586 e. The van der Waals surface area contributed by atoms with Gasteiger partial charge in [0.25, 0.3) is 5.91 Å². The van der Waals surface area contributed by atoms with Gasteiger partial charge in [0.2, 0.25) is 5.91 Å². The number of amides is 2. The van der Waals surface area contributed by atoms with Gasteiger partial charge in [-0.1, -0.05) is 41.9 Å². The standard InChI is InChI=1S/C36H32ClF2N5O6/c1-35(34(41)46)17-48-31-24(35)14-25(44-30(31)22-10-11-26-32(28(22)37)50-36(38,39)49-26)23(18-6-4-3-5-7-18)16-43-33(45)19-12-20(15-42-21-8-9-21)29(40)27(13-19)47-2/h3-7,10-15,21,23H,8-9,16-17,40H2,1-2H3,(H2,41,46)(H,43,45)/t23-,35-/m0/s1. The van der Waals surface area contributed by atoms with Gasteiger partial charge in [0, 0.05) is 40.9 Å². The molecule has 7 rings (SSSR count). The van der Waals surface area contributed by atoms with Gasteiger partial charge in [-0.05, 0) is 55.7 Å². The Kier molecular flexibility index (Phi) is 8.25. The Bertz CT molecular complexity index is 2060. The molecule has 2 amide bonds. The molecule has 1 aliphatic carbocycles. The van der Waals surface area contributed by atoms with Crippen molar-refractivity contribution in [1.82, 2.24) is 10.3 Å². The fraction of sp³-hybridized carbons (Fsp3) is 0.278. The number of fused-ring (bicyclic) bond motifs is 2. The maximum Gasteiger partial charge on any atom is 0.586 e. The molecule has 5 N–H and O–H groups in total. The molecule has 3 aliphatic rings. The number of hydrogen-bond donors (Lipinski definition) is 3. The first-order chi connectivity index (χ1) is 23.9. The van der Waals surface area contributed by atoms with E-state index in [0.29, 0.717) is 33.8 Å². The lowest BCUT2D eigenvalue weighted by molar-refractivity contribution is -0.286. The molecule has 0 bridgehead atoms. The minimum Gasteiger partial charge on any atom is -0.495 e. The number of ether oxygens (including phenoxy) is 4. The van der Waals surface area contributed by atoms with Crippen LogP contribution in [0, 0.1) is 0 Å². The molecule has 258 valence electrons. The van der Waals surface area contributed by atoms with E-state index in [1.54, 1.807) is 31.3 Å². The molecule has 2 atom stereocenters. The van der Waals surface area contributed by atoms with Crippen molar-refractivity contribution in [3.05, 3.63) is 93.6 Å². The summed E-state index contributed by atoms with van der Waals surface area (Å²) in [6.45, 7) is 1.62. The Morgan fingerprint density at radius 2 is 1.90 bits per heavy atom. The lowest BCUT2D eigenvalue weighted by Crippen LogP contribution is -2.40. The van der Waals surface area contributed by atoms with Crippen molar-refractivity contribution in [3.63, 3.8) is 0 Å². The average molecular weight is 704 g/mol. The first-order valence-corrected chi connectivity index (χ1v) is 16.2. The predicted octanol–water partition coefficient (Wildman–Crippen LogP) is 5.59. The third-order valence-corrected chi connectivity index (χ3v) is 9.43. The van der Waals surface area contributed by atoms with Gasteiger partial charge >= 0.3 is 6.29 Å². The number of nitrogens with one attached hydrogen (secondary N) is 1. The lowest BCUT2D eigenvalue weighted by Gasteiger charge is -2.23. The van der Waals surface area contributed by atoms with Gasteiger partial charge in [0.1, 0.15) is 29.2 Å². The Morgan fingerprint density at radius 3 is 2.60 bits per heavy atom. The quantitative estimate of drug-likeness (QED) is 0.142. The molecule has 0 spiro atoms. The minimum atomic E-state index is -3.90. The summed E-state index contributed by atoms with van der Waals surface area (Å²) in [5.74, 6) is -1.68. The summed E-state index contributed by atoms with van der Waals surface area (Å²) >= 11 is 6.65. The summed E-state index contributed by atoms with van der Waals surface area (Å²) in [5.41, 5.74) is 14.2. The van der Waals surface area contributed by atoms with E-state index in [2.05, 4.69) is 15.0 Å². The second-order valence-corrected chi connectivity index (χ2v) is 12.9. The number of alkyl halides is 2. The van der Waals surface area contributed by atoms with Gasteiger partial charge in [-0.2, -0.15) is 0 Å². The van der Waals surface area contributed by atoms with Gasteiger partial charge < -0.3 is 35.7 Å². The van der Waals surface area contributed by atoms with Gasteiger partial charge in [0.05, 0.1) is 29.6 Å². The smallest absolute Gasteiger partial charge is 0.495 e. The van der Waals surface area contributed by atoms with E-state index in [1.165, 1.54) is 19.2 Å². The Labute approximate surface area is 290 Å². The molecule has 14 heteroatoms. The summed E-state index contributed by atoms with van der Waals surface area (Å²) in [4.78, 5) is 36.0. The number of rotatable bonds is 10.